The molecule has 0 N–H and O–H groups in total. The summed E-state index contributed by atoms with van der Waals surface area (Å²) in [5.41, 5.74) is 0.522. The molecule has 182 valence electrons. The molecule has 2 heterocycles. The van der Waals surface area contributed by atoms with E-state index >= 15 is 0 Å². The Balaban J connectivity index is 1.48. The number of esters is 1. The number of rotatable bonds is 9. The summed E-state index contributed by atoms with van der Waals surface area (Å²) in [5, 5.41) is 2.43. The van der Waals surface area contributed by atoms with Gasteiger partial charge in [-0.2, -0.15) is 0 Å². The summed E-state index contributed by atoms with van der Waals surface area (Å²) < 4.78 is 22.5. The van der Waals surface area contributed by atoms with Crippen LogP contribution in [0, 0.1) is 0 Å². The molecule has 0 fully saturated rings. The van der Waals surface area contributed by atoms with Crippen LogP contribution in [0.5, 0.6) is 0 Å². The van der Waals surface area contributed by atoms with Crippen molar-refractivity contribution >= 4 is 24.7 Å². The number of oxazole rings is 2. The van der Waals surface area contributed by atoms with Crippen molar-refractivity contribution in [3.63, 3.8) is 0 Å². The predicted molar refractivity (Wildman–Crippen MR) is 135 cm³/mol. The van der Waals surface area contributed by atoms with Crippen LogP contribution in [0.2, 0.25) is 5.04 Å². The summed E-state index contributed by atoms with van der Waals surface area (Å²) >= 11 is 0. The third-order valence-electron chi connectivity index (χ3n) is 5.94. The number of aromatic nitrogens is 2. The zero-order chi connectivity index (χ0) is 24.9. The Morgan fingerprint density at radius 3 is 2.11 bits per heavy atom. The Kier molecular flexibility index (Phi) is 7.33. The molecule has 0 atom stereocenters. The lowest BCUT2D eigenvalue weighted by atomic mass is 10.2. The molecule has 0 amide bonds. The van der Waals surface area contributed by atoms with Crippen LogP contribution < -0.4 is 10.4 Å². The number of carbonyl (C=O) groups is 1. The molecule has 0 aliphatic heterocycles. The van der Waals surface area contributed by atoms with Gasteiger partial charge in [0, 0.05) is 13.0 Å². The molecule has 0 bridgehead atoms. The highest BCUT2D eigenvalue weighted by atomic mass is 28.4. The van der Waals surface area contributed by atoms with Gasteiger partial charge >= 0.3 is 5.97 Å². The van der Waals surface area contributed by atoms with Crippen molar-refractivity contribution in [2.45, 2.75) is 38.7 Å². The molecule has 0 aliphatic carbocycles. The van der Waals surface area contributed by atoms with Gasteiger partial charge in [0.05, 0.1) is 7.11 Å². The maximum absolute atomic E-state index is 11.6. The van der Waals surface area contributed by atoms with E-state index < -0.39 is 14.3 Å². The first-order valence-electron chi connectivity index (χ1n) is 11.6. The van der Waals surface area contributed by atoms with Crippen molar-refractivity contribution < 1.29 is 22.8 Å². The fraction of sp³-hybridized carbons (Fsp3) is 0.296. The number of benzene rings is 2. The van der Waals surface area contributed by atoms with Crippen LogP contribution in [0.1, 0.15) is 43.6 Å². The fourth-order valence-corrected chi connectivity index (χ4v) is 8.93. The van der Waals surface area contributed by atoms with Gasteiger partial charge in [-0.05, 0) is 21.8 Å². The molecule has 0 spiro atoms. The van der Waals surface area contributed by atoms with Crippen LogP contribution in [0.4, 0.5) is 0 Å². The zero-order valence-electron chi connectivity index (χ0n) is 20.5. The summed E-state index contributed by atoms with van der Waals surface area (Å²) in [6.45, 7) is 7.35. The Hall–Kier alpha value is -3.49. The third kappa shape index (κ3) is 5.13. The predicted octanol–water partition coefficient (Wildman–Crippen LogP) is 4.63. The maximum atomic E-state index is 11.6. The van der Waals surface area contributed by atoms with Crippen LogP contribution in [0.15, 0.2) is 82.0 Å². The minimum atomic E-state index is -2.57. The second-order valence-corrected chi connectivity index (χ2v) is 13.6. The van der Waals surface area contributed by atoms with E-state index in [0.717, 1.165) is 6.42 Å². The first-order chi connectivity index (χ1) is 16.8. The van der Waals surface area contributed by atoms with Crippen molar-refractivity contribution in [1.82, 2.24) is 9.97 Å². The fourth-order valence-electron chi connectivity index (χ4n) is 4.32. The van der Waals surface area contributed by atoms with E-state index in [1.54, 1.807) is 0 Å². The molecule has 8 heteroatoms. The third-order valence-corrected chi connectivity index (χ3v) is 11.0. The monoisotopic (exact) mass is 490 g/mol. The van der Waals surface area contributed by atoms with Gasteiger partial charge in [-0.15, -0.1) is 0 Å². The lowest BCUT2D eigenvalue weighted by Gasteiger charge is -2.43. The molecule has 4 aromatic rings. The molecular formula is C27H30N2O5Si. The van der Waals surface area contributed by atoms with Gasteiger partial charge in [-0.3, -0.25) is 0 Å². The van der Waals surface area contributed by atoms with Crippen molar-refractivity contribution in [1.29, 1.82) is 0 Å². The molecule has 0 radical (unpaired) electrons. The van der Waals surface area contributed by atoms with Crippen LogP contribution in [-0.4, -0.2) is 38.0 Å². The molecule has 0 unspecified atom stereocenters. The normalized spacial score (nSPS) is 12.0. The maximum Gasteiger partial charge on any atom is 0.360 e. The highest BCUT2D eigenvalue weighted by molar-refractivity contribution is 6.99. The number of carbonyl (C=O) groups excluding carboxylic acids is 1. The van der Waals surface area contributed by atoms with E-state index in [9.17, 15) is 4.79 Å². The molecule has 4 rings (SSSR count). The Labute approximate surface area is 206 Å². The van der Waals surface area contributed by atoms with Crippen molar-refractivity contribution in [3.05, 3.63) is 84.8 Å². The van der Waals surface area contributed by atoms with Gasteiger partial charge in [-0.25, -0.2) is 14.8 Å². The molecule has 2 aromatic carbocycles. The first-order valence-corrected chi connectivity index (χ1v) is 13.5. The topological polar surface area (TPSA) is 87.6 Å². The lowest BCUT2D eigenvalue weighted by molar-refractivity contribution is 0.0594. The Bertz CT molecular complexity index is 1210. The quantitative estimate of drug-likeness (QED) is 0.192. The molecule has 2 aromatic heterocycles. The average molecular weight is 491 g/mol. The number of aryl methyl sites for hydroxylation is 1. The van der Waals surface area contributed by atoms with Crippen molar-refractivity contribution in [3.8, 4) is 11.6 Å². The largest absolute Gasteiger partial charge is 0.464 e. The summed E-state index contributed by atoms with van der Waals surface area (Å²) in [7, 11) is -1.28. The summed E-state index contributed by atoms with van der Waals surface area (Å²) in [6, 6.07) is 21.1. The number of hydrogen-bond acceptors (Lipinski definition) is 7. The molecular weight excluding hydrogens is 460 g/mol. The Morgan fingerprint density at radius 2 is 1.54 bits per heavy atom. The van der Waals surface area contributed by atoms with Gasteiger partial charge in [0.25, 0.3) is 8.32 Å². The van der Waals surface area contributed by atoms with Gasteiger partial charge in [-0.1, -0.05) is 81.4 Å². The minimum Gasteiger partial charge on any atom is -0.464 e. The lowest BCUT2D eigenvalue weighted by Crippen LogP contribution is -2.66. The summed E-state index contributed by atoms with van der Waals surface area (Å²) in [4.78, 5) is 20.2. The second kappa shape index (κ2) is 10.4. The molecule has 35 heavy (non-hydrogen) atoms. The molecule has 0 saturated carbocycles. The van der Waals surface area contributed by atoms with Crippen LogP contribution in [-0.2, 0) is 15.6 Å². The van der Waals surface area contributed by atoms with E-state index in [1.807, 2.05) is 12.1 Å². The second-order valence-electron chi connectivity index (χ2n) is 9.27. The smallest absolute Gasteiger partial charge is 0.360 e. The number of ether oxygens (including phenoxy) is 1. The molecule has 7 nitrogen and oxygen atoms in total. The molecule has 0 saturated heterocycles. The summed E-state index contributed by atoms with van der Waals surface area (Å²) in [5.74, 6) is 0.206. The van der Waals surface area contributed by atoms with Gasteiger partial charge < -0.3 is 18.0 Å². The number of hydrogen-bond donors (Lipinski definition) is 0. The highest BCUT2D eigenvalue weighted by Gasteiger charge is 2.49. The number of methoxy groups -OCH3 is 1. The van der Waals surface area contributed by atoms with Crippen LogP contribution in [0.25, 0.3) is 11.6 Å². The van der Waals surface area contributed by atoms with Crippen molar-refractivity contribution in [2.75, 3.05) is 13.7 Å². The zero-order valence-corrected chi connectivity index (χ0v) is 21.5. The van der Waals surface area contributed by atoms with Crippen LogP contribution >= 0.6 is 0 Å². The van der Waals surface area contributed by atoms with E-state index in [4.69, 9.17) is 13.3 Å². The first kappa shape index (κ1) is 24.6. The van der Waals surface area contributed by atoms with E-state index in [1.165, 1.54) is 30.0 Å². The number of nitrogens with zero attached hydrogens (tertiary/aromatic N) is 2. The van der Waals surface area contributed by atoms with E-state index in [-0.39, 0.29) is 16.6 Å². The van der Waals surface area contributed by atoms with Crippen molar-refractivity contribution in [2.24, 2.45) is 0 Å². The van der Waals surface area contributed by atoms with E-state index in [0.29, 0.717) is 24.6 Å². The van der Waals surface area contributed by atoms with Crippen LogP contribution in [0.3, 0.4) is 0 Å². The van der Waals surface area contributed by atoms with Gasteiger partial charge in [0.2, 0.25) is 5.89 Å². The standard InChI is InChI=1S/C27H30N2O5Si/c1-27(2,3)35(20-12-7-5-8-13-20,21-14-9-6-10-15-21)34-17-11-16-24-28-22(18-32-24)25-29-23(19-33-25)26(30)31-4/h5-10,12-15,18-19H,11,16-17H2,1-4H3. The minimum absolute atomic E-state index is 0.0753. The highest BCUT2D eigenvalue weighted by Crippen LogP contribution is 2.36. The average Bonchev–Trinajstić information content (AvgIpc) is 3.54. The SMILES string of the molecule is COC(=O)c1coc(-c2coc(CCCO[Si](c3ccccc3)(c3ccccc3)C(C)(C)C)n2)n1. The Morgan fingerprint density at radius 1 is 0.914 bits per heavy atom. The van der Waals surface area contributed by atoms with Gasteiger partial charge in [0.1, 0.15) is 12.5 Å². The van der Waals surface area contributed by atoms with Gasteiger partial charge in [0.15, 0.2) is 17.3 Å². The summed E-state index contributed by atoms with van der Waals surface area (Å²) in [6.07, 6.45) is 4.06. The molecule has 0 aliphatic rings. The van der Waals surface area contributed by atoms with E-state index in [2.05, 4.69) is 84.0 Å².